The van der Waals surface area contributed by atoms with Crippen LogP contribution < -0.4 is 0 Å². The van der Waals surface area contributed by atoms with E-state index in [4.69, 9.17) is 9.84 Å². The first kappa shape index (κ1) is 12.6. The van der Waals surface area contributed by atoms with Crippen molar-refractivity contribution in [3.63, 3.8) is 0 Å². The largest absolute Gasteiger partial charge is 0.480 e. The molecule has 0 radical (unpaired) electrons. The number of carboxylic acid groups (broad SMARTS) is 1. The van der Waals surface area contributed by atoms with Gasteiger partial charge in [0.1, 0.15) is 6.54 Å². The second-order valence-corrected chi connectivity index (χ2v) is 6.78. The van der Waals surface area contributed by atoms with Gasteiger partial charge in [-0.2, -0.15) is 0 Å². The first-order chi connectivity index (χ1) is 8.43. The summed E-state index contributed by atoms with van der Waals surface area (Å²) in [5.74, 6) is -3.12. The van der Waals surface area contributed by atoms with Crippen molar-refractivity contribution in [2.45, 2.75) is 21.9 Å². The number of nitrogens with zero attached hydrogens (tertiary/aromatic N) is 1. The molecular weight excluding hydrogens is 374 g/mol. The van der Waals surface area contributed by atoms with Crippen molar-refractivity contribution in [1.82, 2.24) is 4.90 Å². The summed E-state index contributed by atoms with van der Waals surface area (Å²) >= 11 is 6.89. The SMILES string of the molecule is O=C(O)CN1C(=O)[C@@H]2[C@H]3O[C@@H]([C@H](Br)[C@@H]3Br)[C@@H]2C1=O. The van der Waals surface area contributed by atoms with E-state index in [0.717, 1.165) is 4.90 Å². The summed E-state index contributed by atoms with van der Waals surface area (Å²) in [6.07, 6.45) is -0.723. The molecule has 6 nitrogen and oxygen atoms in total. The average molecular weight is 383 g/mol. The van der Waals surface area contributed by atoms with Crippen LogP contribution in [0, 0.1) is 11.8 Å². The molecule has 0 unspecified atom stereocenters. The molecule has 3 aliphatic rings. The number of fused-ring (bicyclic) bond motifs is 5. The number of alkyl halides is 2. The first-order valence-electron chi connectivity index (χ1n) is 5.44. The quantitative estimate of drug-likeness (QED) is 0.536. The molecule has 2 amide bonds. The lowest BCUT2D eigenvalue weighted by Gasteiger charge is -2.24. The Hall–Kier alpha value is -0.470. The molecule has 3 aliphatic heterocycles. The molecule has 0 spiro atoms. The standard InChI is InChI=1S/C10H9Br2NO5/c11-5-6(12)8-4-3(7(5)18-8)9(16)13(10(4)17)1-2(14)15/h3-8H,1H2,(H,14,15)/t3-,4+,5-,6+,7-,8-/m1/s1. The Bertz CT molecular complexity index is 424. The van der Waals surface area contributed by atoms with E-state index in [1.807, 2.05) is 0 Å². The smallest absolute Gasteiger partial charge is 0.323 e. The molecule has 0 aliphatic carbocycles. The van der Waals surface area contributed by atoms with Gasteiger partial charge in [0.05, 0.1) is 33.7 Å². The van der Waals surface area contributed by atoms with E-state index in [-0.39, 0.29) is 21.9 Å². The number of halogens is 2. The Morgan fingerprint density at radius 3 is 2.00 bits per heavy atom. The summed E-state index contributed by atoms with van der Waals surface area (Å²) < 4.78 is 5.65. The van der Waals surface area contributed by atoms with Crippen molar-refractivity contribution in [1.29, 1.82) is 0 Å². The predicted octanol–water partition coefficient (Wildman–Crippen LogP) is -0.0198. The van der Waals surface area contributed by atoms with E-state index in [0.29, 0.717) is 0 Å². The maximum atomic E-state index is 12.1. The zero-order valence-electron chi connectivity index (χ0n) is 8.95. The highest BCUT2D eigenvalue weighted by Crippen LogP contribution is 2.52. The molecule has 3 heterocycles. The zero-order valence-corrected chi connectivity index (χ0v) is 12.1. The number of carbonyl (C=O) groups is 3. The molecule has 0 aromatic carbocycles. The normalized spacial score (nSPS) is 45.8. The fourth-order valence-electron chi connectivity index (χ4n) is 3.02. The predicted molar refractivity (Wildman–Crippen MR) is 65.4 cm³/mol. The molecule has 3 rings (SSSR count). The Morgan fingerprint density at radius 1 is 1.17 bits per heavy atom. The molecule has 3 fully saturated rings. The molecule has 1 N–H and O–H groups in total. The van der Waals surface area contributed by atoms with Gasteiger partial charge in [-0.15, -0.1) is 0 Å². The van der Waals surface area contributed by atoms with Crippen LogP contribution in [0.1, 0.15) is 0 Å². The third-order valence-electron chi connectivity index (χ3n) is 3.74. The molecule has 98 valence electrons. The minimum atomic E-state index is -1.18. The van der Waals surface area contributed by atoms with Crippen molar-refractivity contribution in [3.8, 4) is 0 Å². The van der Waals surface area contributed by atoms with Gasteiger partial charge >= 0.3 is 5.97 Å². The van der Waals surface area contributed by atoms with Crippen molar-refractivity contribution < 1.29 is 24.2 Å². The van der Waals surface area contributed by atoms with Crippen LogP contribution in [0.25, 0.3) is 0 Å². The highest BCUT2D eigenvalue weighted by molar-refractivity contribution is 9.12. The van der Waals surface area contributed by atoms with Gasteiger partial charge in [0.15, 0.2) is 0 Å². The van der Waals surface area contributed by atoms with E-state index in [2.05, 4.69) is 31.9 Å². The number of ether oxygens (including phenoxy) is 1. The lowest BCUT2D eigenvalue weighted by Crippen LogP contribution is -2.42. The summed E-state index contributed by atoms with van der Waals surface area (Å²) in [6.45, 7) is -0.565. The van der Waals surface area contributed by atoms with Crippen LogP contribution in [0.15, 0.2) is 0 Å². The highest BCUT2D eigenvalue weighted by atomic mass is 79.9. The number of imide groups is 1. The van der Waals surface area contributed by atoms with Gasteiger partial charge in [-0.1, -0.05) is 31.9 Å². The van der Waals surface area contributed by atoms with Crippen LogP contribution in [-0.4, -0.2) is 56.2 Å². The molecular formula is C10H9Br2NO5. The van der Waals surface area contributed by atoms with Gasteiger partial charge in [0.25, 0.3) is 0 Å². The van der Waals surface area contributed by atoms with Crippen molar-refractivity contribution >= 4 is 49.6 Å². The number of amides is 2. The van der Waals surface area contributed by atoms with Gasteiger partial charge in [-0.05, 0) is 0 Å². The Balaban J connectivity index is 1.92. The third kappa shape index (κ3) is 1.45. The van der Waals surface area contributed by atoms with Crippen LogP contribution in [0.5, 0.6) is 0 Å². The Kier molecular flexibility index (Phi) is 2.80. The second-order valence-electron chi connectivity index (χ2n) is 4.66. The summed E-state index contributed by atoms with van der Waals surface area (Å²) in [6, 6.07) is 0. The van der Waals surface area contributed by atoms with Crippen LogP contribution in [-0.2, 0) is 19.1 Å². The molecule has 0 aromatic heterocycles. The maximum absolute atomic E-state index is 12.1. The zero-order chi connectivity index (χ0) is 13.2. The highest BCUT2D eigenvalue weighted by Gasteiger charge is 2.68. The minimum absolute atomic E-state index is 0.0368. The Labute approximate surface area is 119 Å². The van der Waals surface area contributed by atoms with Gasteiger partial charge in [0.2, 0.25) is 11.8 Å². The van der Waals surface area contributed by atoms with Gasteiger partial charge in [0, 0.05) is 0 Å². The van der Waals surface area contributed by atoms with Gasteiger partial charge in [-0.3, -0.25) is 19.3 Å². The number of rotatable bonds is 2. The monoisotopic (exact) mass is 381 g/mol. The number of carbonyl (C=O) groups excluding carboxylic acids is 2. The maximum Gasteiger partial charge on any atom is 0.323 e. The lowest BCUT2D eigenvalue weighted by atomic mass is 9.81. The summed E-state index contributed by atoms with van der Waals surface area (Å²) in [7, 11) is 0. The van der Waals surface area contributed by atoms with Crippen molar-refractivity contribution in [3.05, 3.63) is 0 Å². The van der Waals surface area contributed by atoms with Crippen LogP contribution >= 0.6 is 31.9 Å². The molecule has 8 heteroatoms. The van der Waals surface area contributed by atoms with Crippen LogP contribution in [0.2, 0.25) is 0 Å². The fourth-order valence-corrected chi connectivity index (χ4v) is 4.52. The summed E-state index contributed by atoms with van der Waals surface area (Å²) in [4.78, 5) is 35.6. The molecule has 18 heavy (non-hydrogen) atoms. The fraction of sp³-hybridized carbons (Fsp3) is 0.700. The molecule has 0 aromatic rings. The topological polar surface area (TPSA) is 83.9 Å². The second kappa shape index (κ2) is 4.01. The minimum Gasteiger partial charge on any atom is -0.480 e. The van der Waals surface area contributed by atoms with Crippen molar-refractivity contribution in [2.75, 3.05) is 6.54 Å². The third-order valence-corrected chi connectivity index (χ3v) is 6.63. The van der Waals surface area contributed by atoms with Gasteiger partial charge < -0.3 is 9.84 Å². The summed E-state index contributed by atoms with van der Waals surface area (Å²) in [5, 5.41) is 8.73. The van der Waals surface area contributed by atoms with E-state index >= 15 is 0 Å². The number of aliphatic carboxylic acids is 1. The van der Waals surface area contributed by atoms with E-state index in [1.165, 1.54) is 0 Å². The first-order valence-corrected chi connectivity index (χ1v) is 7.27. The Morgan fingerprint density at radius 2 is 1.61 bits per heavy atom. The van der Waals surface area contributed by atoms with Crippen LogP contribution in [0.4, 0.5) is 0 Å². The molecule has 2 bridgehead atoms. The van der Waals surface area contributed by atoms with E-state index in [1.54, 1.807) is 0 Å². The lowest BCUT2D eigenvalue weighted by molar-refractivity contribution is -0.151. The molecule has 3 saturated heterocycles. The molecule has 6 atom stereocenters. The number of hydrogen-bond donors (Lipinski definition) is 1. The van der Waals surface area contributed by atoms with Gasteiger partial charge in [-0.25, -0.2) is 0 Å². The number of likely N-dealkylation sites (tertiary alicyclic amines) is 1. The van der Waals surface area contributed by atoms with E-state index in [9.17, 15) is 14.4 Å². The average Bonchev–Trinajstić information content (AvgIpc) is 2.88. The number of carboxylic acids is 1. The van der Waals surface area contributed by atoms with Crippen molar-refractivity contribution in [2.24, 2.45) is 11.8 Å². The van der Waals surface area contributed by atoms with Crippen LogP contribution in [0.3, 0.4) is 0 Å². The molecule has 0 saturated carbocycles. The van der Waals surface area contributed by atoms with E-state index < -0.39 is 36.2 Å². The summed E-state index contributed by atoms with van der Waals surface area (Å²) in [5.41, 5.74) is 0. The number of hydrogen-bond acceptors (Lipinski definition) is 4.